The van der Waals surface area contributed by atoms with Crippen molar-refractivity contribution in [2.75, 3.05) is 12.4 Å². The molecule has 0 aliphatic carbocycles. The summed E-state index contributed by atoms with van der Waals surface area (Å²) < 4.78 is 13.3. The maximum absolute atomic E-state index is 13.3. The molecule has 0 saturated carbocycles. The van der Waals surface area contributed by atoms with E-state index in [0.29, 0.717) is 17.0 Å². The third-order valence-corrected chi connectivity index (χ3v) is 3.85. The van der Waals surface area contributed by atoms with E-state index < -0.39 is 0 Å². The summed E-state index contributed by atoms with van der Waals surface area (Å²) in [5.74, 6) is 1.03. The van der Waals surface area contributed by atoms with Crippen molar-refractivity contribution < 1.29 is 4.39 Å². The second-order valence-corrected chi connectivity index (χ2v) is 5.51. The lowest BCUT2D eigenvalue weighted by Gasteiger charge is -2.07. The predicted molar refractivity (Wildman–Crippen MR) is 77.1 cm³/mol. The summed E-state index contributed by atoms with van der Waals surface area (Å²) in [5.41, 5.74) is 0.738. The molecule has 3 nitrogen and oxygen atoms in total. The first kappa shape index (κ1) is 12.0. The molecule has 3 rings (SSSR count). The molecule has 5 heteroatoms. The maximum atomic E-state index is 13.3. The molecule has 1 aromatic carbocycles. The highest BCUT2D eigenvalue weighted by Gasteiger charge is 2.10. The molecule has 19 heavy (non-hydrogen) atoms. The first-order chi connectivity index (χ1) is 9.17. The molecular weight excluding hydrogens is 261 g/mol. The van der Waals surface area contributed by atoms with E-state index in [1.807, 2.05) is 19.1 Å². The maximum Gasteiger partial charge on any atom is 0.172 e. The van der Waals surface area contributed by atoms with Gasteiger partial charge in [-0.05, 0) is 37.3 Å². The van der Waals surface area contributed by atoms with Gasteiger partial charge in [-0.2, -0.15) is 0 Å². The number of benzene rings is 1. The van der Waals surface area contributed by atoms with Gasteiger partial charge in [0.1, 0.15) is 11.6 Å². The van der Waals surface area contributed by atoms with Gasteiger partial charge in [-0.25, -0.2) is 14.4 Å². The van der Waals surface area contributed by atoms with E-state index in [1.54, 1.807) is 24.5 Å². The molecule has 0 aliphatic rings. The van der Waals surface area contributed by atoms with E-state index >= 15 is 0 Å². The molecule has 3 aromatic rings. The highest BCUT2D eigenvalue weighted by atomic mass is 32.1. The van der Waals surface area contributed by atoms with Crippen molar-refractivity contribution in [3.63, 3.8) is 0 Å². The summed E-state index contributed by atoms with van der Waals surface area (Å²) in [7, 11) is 1.77. The Labute approximate surface area is 114 Å². The van der Waals surface area contributed by atoms with Crippen LogP contribution in [0.2, 0.25) is 0 Å². The monoisotopic (exact) mass is 273 g/mol. The lowest BCUT2D eigenvalue weighted by atomic mass is 10.2. The standard InChI is InChI=1S/C14H12FN3S/c1-8-3-6-12(19-8)14-17-11-5-4-9(15)7-10(11)13(16-2)18-14/h3-7H,1-2H3,(H,16,17,18). The Hall–Kier alpha value is -2.01. The Balaban J connectivity index is 2.25. The summed E-state index contributed by atoms with van der Waals surface area (Å²) in [4.78, 5) is 11.2. The van der Waals surface area contributed by atoms with E-state index in [-0.39, 0.29) is 5.82 Å². The van der Waals surface area contributed by atoms with Crippen LogP contribution in [0.25, 0.3) is 21.6 Å². The number of nitrogens with one attached hydrogen (secondary N) is 1. The van der Waals surface area contributed by atoms with Gasteiger partial charge in [0.2, 0.25) is 0 Å². The fourth-order valence-corrected chi connectivity index (χ4v) is 2.76. The molecule has 0 saturated heterocycles. The van der Waals surface area contributed by atoms with Crippen LogP contribution in [-0.2, 0) is 0 Å². The van der Waals surface area contributed by atoms with Crippen LogP contribution in [0.15, 0.2) is 30.3 Å². The minimum absolute atomic E-state index is 0.285. The number of thiophene rings is 1. The highest BCUT2D eigenvalue weighted by molar-refractivity contribution is 7.15. The van der Waals surface area contributed by atoms with Crippen molar-refractivity contribution >= 4 is 28.1 Å². The smallest absolute Gasteiger partial charge is 0.172 e. The first-order valence-electron chi connectivity index (χ1n) is 5.89. The Kier molecular flexibility index (Phi) is 2.91. The zero-order chi connectivity index (χ0) is 13.4. The SMILES string of the molecule is CNc1nc(-c2ccc(C)s2)nc2ccc(F)cc12. The van der Waals surface area contributed by atoms with Gasteiger partial charge in [0.15, 0.2) is 5.82 Å². The molecule has 2 aromatic heterocycles. The van der Waals surface area contributed by atoms with Crippen molar-refractivity contribution in [1.82, 2.24) is 9.97 Å². The van der Waals surface area contributed by atoms with Crippen molar-refractivity contribution in [3.8, 4) is 10.7 Å². The number of rotatable bonds is 2. The number of hydrogen-bond acceptors (Lipinski definition) is 4. The van der Waals surface area contributed by atoms with E-state index in [4.69, 9.17) is 0 Å². The number of aromatic nitrogens is 2. The van der Waals surface area contributed by atoms with Crippen LogP contribution < -0.4 is 5.32 Å². The van der Waals surface area contributed by atoms with E-state index in [9.17, 15) is 4.39 Å². The van der Waals surface area contributed by atoms with Crippen molar-refractivity contribution in [2.24, 2.45) is 0 Å². The molecule has 1 N–H and O–H groups in total. The molecule has 0 fully saturated rings. The average Bonchev–Trinajstić information content (AvgIpc) is 2.84. The summed E-state index contributed by atoms with van der Waals surface area (Å²) >= 11 is 1.64. The zero-order valence-electron chi connectivity index (χ0n) is 10.6. The van der Waals surface area contributed by atoms with Crippen LogP contribution in [0.1, 0.15) is 4.88 Å². The van der Waals surface area contributed by atoms with Crippen molar-refractivity contribution in [3.05, 3.63) is 41.0 Å². The molecule has 0 unspecified atom stereocenters. The minimum Gasteiger partial charge on any atom is -0.373 e. The number of fused-ring (bicyclic) bond motifs is 1. The predicted octanol–water partition coefficient (Wildman–Crippen LogP) is 3.85. The zero-order valence-corrected chi connectivity index (χ0v) is 11.4. The molecule has 2 heterocycles. The second kappa shape index (κ2) is 4.59. The number of halogens is 1. The van der Waals surface area contributed by atoms with Crippen LogP contribution in [-0.4, -0.2) is 17.0 Å². The third-order valence-electron chi connectivity index (χ3n) is 2.86. The number of hydrogen-bond donors (Lipinski definition) is 1. The molecule has 96 valence electrons. The van der Waals surface area contributed by atoms with Crippen molar-refractivity contribution in [2.45, 2.75) is 6.92 Å². The van der Waals surface area contributed by atoms with Gasteiger partial charge in [0.25, 0.3) is 0 Å². The van der Waals surface area contributed by atoms with Gasteiger partial charge in [-0.3, -0.25) is 0 Å². The van der Waals surface area contributed by atoms with Crippen LogP contribution in [0, 0.1) is 12.7 Å². The quantitative estimate of drug-likeness (QED) is 0.770. The Morgan fingerprint density at radius 1 is 1.16 bits per heavy atom. The summed E-state index contributed by atoms with van der Waals surface area (Å²) in [6, 6.07) is 8.58. The van der Waals surface area contributed by atoms with Crippen LogP contribution in [0.3, 0.4) is 0 Å². The second-order valence-electron chi connectivity index (χ2n) is 4.22. The fourth-order valence-electron chi connectivity index (χ4n) is 1.96. The van der Waals surface area contributed by atoms with Crippen LogP contribution >= 0.6 is 11.3 Å². The number of anilines is 1. The molecule has 0 bridgehead atoms. The Bertz CT molecular complexity index is 752. The van der Waals surface area contributed by atoms with E-state index in [2.05, 4.69) is 15.3 Å². The molecule has 0 radical (unpaired) electrons. The number of aryl methyl sites for hydroxylation is 1. The van der Waals surface area contributed by atoms with E-state index in [1.165, 1.54) is 17.0 Å². The van der Waals surface area contributed by atoms with Crippen molar-refractivity contribution in [1.29, 1.82) is 0 Å². The first-order valence-corrected chi connectivity index (χ1v) is 6.71. The molecule has 0 atom stereocenters. The van der Waals surface area contributed by atoms with Gasteiger partial charge in [-0.1, -0.05) is 0 Å². The molecule has 0 spiro atoms. The van der Waals surface area contributed by atoms with Gasteiger partial charge < -0.3 is 5.32 Å². The average molecular weight is 273 g/mol. The molecule has 0 amide bonds. The van der Waals surface area contributed by atoms with Gasteiger partial charge in [-0.15, -0.1) is 11.3 Å². The Morgan fingerprint density at radius 3 is 2.68 bits per heavy atom. The van der Waals surface area contributed by atoms with E-state index in [0.717, 1.165) is 10.4 Å². The van der Waals surface area contributed by atoms with Crippen LogP contribution in [0.4, 0.5) is 10.2 Å². The summed E-state index contributed by atoms with van der Waals surface area (Å²) in [6.45, 7) is 2.05. The molecular formula is C14H12FN3S. The summed E-state index contributed by atoms with van der Waals surface area (Å²) in [6.07, 6.45) is 0. The van der Waals surface area contributed by atoms with Gasteiger partial charge >= 0.3 is 0 Å². The minimum atomic E-state index is -0.285. The highest BCUT2D eigenvalue weighted by Crippen LogP contribution is 2.29. The topological polar surface area (TPSA) is 37.8 Å². The lowest BCUT2D eigenvalue weighted by Crippen LogP contribution is -1.98. The van der Waals surface area contributed by atoms with Gasteiger partial charge in [0, 0.05) is 17.3 Å². The normalized spacial score (nSPS) is 10.9. The fraction of sp³-hybridized carbons (Fsp3) is 0.143. The molecule has 0 aliphatic heterocycles. The largest absolute Gasteiger partial charge is 0.373 e. The lowest BCUT2D eigenvalue weighted by molar-refractivity contribution is 0.629. The van der Waals surface area contributed by atoms with Crippen LogP contribution in [0.5, 0.6) is 0 Å². The Morgan fingerprint density at radius 2 is 2.00 bits per heavy atom. The summed E-state index contributed by atoms with van der Waals surface area (Å²) in [5, 5.41) is 3.70. The third kappa shape index (κ3) is 2.17. The van der Waals surface area contributed by atoms with Gasteiger partial charge in [0.05, 0.1) is 10.4 Å². The number of nitrogens with zero attached hydrogens (tertiary/aromatic N) is 2.